The summed E-state index contributed by atoms with van der Waals surface area (Å²) in [5, 5.41) is 3.78. The number of carbonyl (C=O) groups excluding carboxylic acids is 1. The third-order valence-corrected chi connectivity index (χ3v) is 5.07. The van der Waals surface area contributed by atoms with Crippen LogP contribution in [0, 0.1) is 13.8 Å². The first-order valence-corrected chi connectivity index (χ1v) is 9.41. The van der Waals surface area contributed by atoms with Crippen molar-refractivity contribution in [1.82, 2.24) is 10.3 Å². The highest BCUT2D eigenvalue weighted by Crippen LogP contribution is 2.20. The average Bonchev–Trinajstić information content (AvgIpc) is 3.02. The molecule has 0 saturated carbocycles. The zero-order valence-corrected chi connectivity index (χ0v) is 15.8. The van der Waals surface area contributed by atoms with E-state index in [1.807, 2.05) is 56.3 Å². The maximum absolute atomic E-state index is 12.4. The molecule has 0 spiro atoms. The highest BCUT2D eigenvalue weighted by molar-refractivity contribution is 7.13. The van der Waals surface area contributed by atoms with Crippen LogP contribution < -0.4 is 10.1 Å². The Morgan fingerprint density at radius 3 is 2.69 bits per heavy atom. The number of ether oxygens (including phenoxy) is 1. The monoisotopic (exact) mass is 366 g/mol. The minimum Gasteiger partial charge on any atom is -0.486 e. The predicted octanol–water partition coefficient (Wildman–Crippen LogP) is 4.31. The van der Waals surface area contributed by atoms with Crippen LogP contribution in [0.4, 0.5) is 0 Å². The van der Waals surface area contributed by atoms with Gasteiger partial charge in [0.1, 0.15) is 22.2 Å². The van der Waals surface area contributed by atoms with Gasteiger partial charge in [0.25, 0.3) is 5.91 Å². The number of nitrogens with zero attached hydrogens (tertiary/aromatic N) is 1. The van der Waals surface area contributed by atoms with Crippen molar-refractivity contribution >= 4 is 17.2 Å². The Kier molecular flexibility index (Phi) is 6.02. The Morgan fingerprint density at radius 1 is 1.12 bits per heavy atom. The molecule has 0 saturated heterocycles. The molecule has 2 aromatic carbocycles. The largest absolute Gasteiger partial charge is 0.486 e. The molecule has 0 atom stereocenters. The van der Waals surface area contributed by atoms with Gasteiger partial charge in [-0.1, -0.05) is 42.5 Å². The zero-order chi connectivity index (χ0) is 18.4. The van der Waals surface area contributed by atoms with Gasteiger partial charge in [0.2, 0.25) is 0 Å². The number of nitrogens with one attached hydrogen (secondary N) is 1. The summed E-state index contributed by atoms with van der Waals surface area (Å²) in [5.41, 5.74) is 3.10. The Hall–Kier alpha value is -2.66. The summed E-state index contributed by atoms with van der Waals surface area (Å²) >= 11 is 1.39. The summed E-state index contributed by atoms with van der Waals surface area (Å²) < 4.78 is 5.78. The molecule has 3 aromatic rings. The standard InChI is InChI=1S/C21H22N2O2S/c1-15-7-6-10-18(13-15)25-14-19-23-16(2)20(26-19)21(24)22-12-11-17-8-4-3-5-9-17/h3-10,13H,11-12,14H2,1-2H3,(H,22,24). The molecule has 0 radical (unpaired) electrons. The van der Waals surface area contributed by atoms with Crippen LogP contribution in [0.5, 0.6) is 5.75 Å². The maximum Gasteiger partial charge on any atom is 0.263 e. The summed E-state index contributed by atoms with van der Waals surface area (Å²) in [5.74, 6) is 0.740. The van der Waals surface area contributed by atoms with Crippen molar-refractivity contribution in [1.29, 1.82) is 0 Å². The van der Waals surface area contributed by atoms with E-state index in [1.165, 1.54) is 16.9 Å². The molecule has 4 nitrogen and oxygen atoms in total. The number of hydrogen-bond donors (Lipinski definition) is 1. The second-order valence-electron chi connectivity index (χ2n) is 6.12. The molecule has 0 bridgehead atoms. The van der Waals surface area contributed by atoms with E-state index in [1.54, 1.807) is 0 Å². The van der Waals surface area contributed by atoms with Gasteiger partial charge < -0.3 is 10.1 Å². The van der Waals surface area contributed by atoms with Gasteiger partial charge >= 0.3 is 0 Å². The second kappa shape index (κ2) is 8.63. The molecule has 26 heavy (non-hydrogen) atoms. The Morgan fingerprint density at radius 2 is 1.92 bits per heavy atom. The summed E-state index contributed by atoms with van der Waals surface area (Å²) in [6, 6.07) is 18.0. The normalized spacial score (nSPS) is 10.5. The Balaban J connectivity index is 1.54. The lowest BCUT2D eigenvalue weighted by Crippen LogP contribution is -2.25. The number of benzene rings is 2. The first-order valence-electron chi connectivity index (χ1n) is 8.60. The fraction of sp³-hybridized carbons (Fsp3) is 0.238. The molecule has 1 heterocycles. The SMILES string of the molecule is Cc1cccc(OCc2nc(C)c(C(=O)NCCc3ccccc3)s2)c1. The Labute approximate surface area is 157 Å². The summed E-state index contributed by atoms with van der Waals surface area (Å²) in [4.78, 5) is 17.5. The van der Waals surface area contributed by atoms with E-state index in [4.69, 9.17) is 4.74 Å². The average molecular weight is 366 g/mol. The molecule has 1 N–H and O–H groups in total. The third-order valence-electron chi connectivity index (χ3n) is 3.94. The van der Waals surface area contributed by atoms with Crippen molar-refractivity contribution in [2.45, 2.75) is 26.9 Å². The molecule has 0 aliphatic carbocycles. The van der Waals surface area contributed by atoms with Gasteiger partial charge in [-0.15, -0.1) is 11.3 Å². The molecule has 1 aromatic heterocycles. The maximum atomic E-state index is 12.4. The smallest absolute Gasteiger partial charge is 0.263 e. The van der Waals surface area contributed by atoms with Gasteiger partial charge in [0.15, 0.2) is 0 Å². The van der Waals surface area contributed by atoms with Crippen LogP contribution in [0.2, 0.25) is 0 Å². The van der Waals surface area contributed by atoms with Crippen LogP contribution in [0.25, 0.3) is 0 Å². The molecule has 3 rings (SSSR count). The summed E-state index contributed by atoms with van der Waals surface area (Å²) in [7, 11) is 0. The highest BCUT2D eigenvalue weighted by atomic mass is 32.1. The lowest BCUT2D eigenvalue weighted by atomic mass is 10.1. The first kappa shape index (κ1) is 18.1. The summed E-state index contributed by atoms with van der Waals surface area (Å²) in [6.07, 6.45) is 0.813. The van der Waals surface area contributed by atoms with Gasteiger partial charge in [-0.3, -0.25) is 4.79 Å². The number of thiazole rings is 1. The molecule has 0 fully saturated rings. The van der Waals surface area contributed by atoms with E-state index >= 15 is 0 Å². The van der Waals surface area contributed by atoms with E-state index in [9.17, 15) is 4.79 Å². The quantitative estimate of drug-likeness (QED) is 0.678. The van der Waals surface area contributed by atoms with Gasteiger partial charge in [0, 0.05) is 6.54 Å². The number of hydrogen-bond acceptors (Lipinski definition) is 4. The van der Waals surface area contributed by atoms with Gasteiger partial charge in [-0.25, -0.2) is 4.98 Å². The van der Waals surface area contributed by atoms with Crippen LogP contribution in [-0.2, 0) is 13.0 Å². The molecule has 0 unspecified atom stereocenters. The Bertz CT molecular complexity index is 875. The number of aromatic nitrogens is 1. The van der Waals surface area contributed by atoms with Gasteiger partial charge in [-0.05, 0) is 43.5 Å². The van der Waals surface area contributed by atoms with Crippen LogP contribution in [0.1, 0.15) is 31.5 Å². The van der Waals surface area contributed by atoms with E-state index in [-0.39, 0.29) is 5.91 Å². The molecular formula is C21H22N2O2S. The van der Waals surface area contributed by atoms with Crippen molar-refractivity contribution in [3.8, 4) is 5.75 Å². The molecule has 0 aliphatic heterocycles. The third kappa shape index (κ3) is 4.92. The number of aryl methyl sites for hydroxylation is 2. The van der Waals surface area contributed by atoms with Gasteiger partial charge in [0.05, 0.1) is 5.69 Å². The molecular weight excluding hydrogens is 344 g/mol. The summed E-state index contributed by atoms with van der Waals surface area (Å²) in [6.45, 7) is 4.86. The van der Waals surface area contributed by atoms with E-state index in [0.717, 1.165) is 28.4 Å². The van der Waals surface area contributed by atoms with Gasteiger partial charge in [-0.2, -0.15) is 0 Å². The van der Waals surface area contributed by atoms with Crippen molar-refractivity contribution in [2.75, 3.05) is 6.54 Å². The minimum atomic E-state index is -0.0715. The second-order valence-corrected chi connectivity index (χ2v) is 7.20. The zero-order valence-electron chi connectivity index (χ0n) is 15.0. The molecule has 5 heteroatoms. The van der Waals surface area contributed by atoms with Crippen LogP contribution in [0.3, 0.4) is 0 Å². The van der Waals surface area contributed by atoms with Crippen molar-refractivity contribution in [2.24, 2.45) is 0 Å². The van der Waals surface area contributed by atoms with E-state index in [0.29, 0.717) is 18.0 Å². The lowest BCUT2D eigenvalue weighted by molar-refractivity contribution is 0.0957. The van der Waals surface area contributed by atoms with Crippen LogP contribution >= 0.6 is 11.3 Å². The number of rotatable bonds is 7. The first-order chi connectivity index (χ1) is 12.6. The fourth-order valence-corrected chi connectivity index (χ4v) is 3.51. The van der Waals surface area contributed by atoms with Crippen molar-refractivity contribution in [3.63, 3.8) is 0 Å². The van der Waals surface area contributed by atoms with Crippen LogP contribution in [-0.4, -0.2) is 17.4 Å². The van der Waals surface area contributed by atoms with Crippen molar-refractivity contribution < 1.29 is 9.53 Å². The molecule has 1 amide bonds. The van der Waals surface area contributed by atoms with Crippen LogP contribution in [0.15, 0.2) is 54.6 Å². The molecule has 0 aliphatic rings. The van der Waals surface area contributed by atoms with Crippen molar-refractivity contribution in [3.05, 3.63) is 81.3 Å². The number of carbonyl (C=O) groups is 1. The number of amides is 1. The molecule has 134 valence electrons. The fourth-order valence-electron chi connectivity index (χ4n) is 2.62. The lowest BCUT2D eigenvalue weighted by Gasteiger charge is -2.04. The predicted molar refractivity (Wildman–Crippen MR) is 105 cm³/mol. The minimum absolute atomic E-state index is 0.0715. The highest BCUT2D eigenvalue weighted by Gasteiger charge is 2.15. The van der Waals surface area contributed by atoms with E-state index in [2.05, 4.69) is 22.4 Å². The topological polar surface area (TPSA) is 51.2 Å². The van der Waals surface area contributed by atoms with E-state index < -0.39 is 0 Å².